The molecule has 102 valence electrons. The van der Waals surface area contributed by atoms with Crippen molar-refractivity contribution in [2.24, 2.45) is 0 Å². The van der Waals surface area contributed by atoms with Crippen LogP contribution in [0, 0.1) is 0 Å². The lowest BCUT2D eigenvalue weighted by molar-refractivity contribution is 0.296. The van der Waals surface area contributed by atoms with Gasteiger partial charge in [0.1, 0.15) is 0 Å². The average molecular weight is 319 g/mol. The molecule has 0 aliphatic carbocycles. The van der Waals surface area contributed by atoms with Gasteiger partial charge in [-0.05, 0) is 24.6 Å². The van der Waals surface area contributed by atoms with E-state index in [1.54, 1.807) is 18.2 Å². The number of benzene rings is 1. The van der Waals surface area contributed by atoms with Gasteiger partial charge in [-0.25, -0.2) is 4.68 Å². The van der Waals surface area contributed by atoms with E-state index in [-0.39, 0.29) is 6.61 Å². The fourth-order valence-electron chi connectivity index (χ4n) is 1.46. The standard InChI is InChI=1S/C11H12Cl2N4OS/c12-7-2-3-8(9(13)6-7)10-15-16-11(17(10)14)19-5-1-4-18/h2-3,6,18H,1,4-5,14H2. The van der Waals surface area contributed by atoms with Gasteiger partial charge < -0.3 is 10.9 Å². The zero-order valence-electron chi connectivity index (χ0n) is 9.88. The van der Waals surface area contributed by atoms with Crippen LogP contribution in [-0.4, -0.2) is 32.3 Å². The number of aliphatic hydroxyl groups is 1. The second-order valence-corrected chi connectivity index (χ2v) is 5.63. The maximum Gasteiger partial charge on any atom is 0.210 e. The zero-order valence-corrected chi connectivity index (χ0v) is 12.2. The van der Waals surface area contributed by atoms with E-state index in [4.69, 9.17) is 34.2 Å². The molecule has 0 saturated carbocycles. The maximum absolute atomic E-state index is 8.74. The Bertz CT molecular complexity index is 576. The Morgan fingerprint density at radius 3 is 2.79 bits per heavy atom. The SMILES string of the molecule is Nn1c(SCCCO)nnc1-c1ccc(Cl)cc1Cl. The van der Waals surface area contributed by atoms with E-state index in [9.17, 15) is 0 Å². The molecular formula is C11H12Cl2N4OS. The topological polar surface area (TPSA) is 77.0 Å². The van der Waals surface area contributed by atoms with E-state index in [2.05, 4.69) is 10.2 Å². The lowest BCUT2D eigenvalue weighted by atomic mass is 10.2. The number of nitrogens with zero attached hydrogens (tertiary/aromatic N) is 3. The van der Waals surface area contributed by atoms with E-state index in [0.29, 0.717) is 33.0 Å². The average Bonchev–Trinajstić information content (AvgIpc) is 2.72. The first-order valence-electron chi connectivity index (χ1n) is 5.53. The summed E-state index contributed by atoms with van der Waals surface area (Å²) in [5.74, 6) is 7.14. The number of thioether (sulfide) groups is 1. The van der Waals surface area contributed by atoms with Gasteiger partial charge in [-0.3, -0.25) is 0 Å². The van der Waals surface area contributed by atoms with E-state index in [1.807, 2.05) is 0 Å². The number of aromatic nitrogens is 3. The number of nitrogens with two attached hydrogens (primary N) is 1. The number of halogens is 2. The molecule has 0 fully saturated rings. The predicted octanol–water partition coefficient (Wildman–Crippen LogP) is 2.44. The second kappa shape index (κ2) is 6.47. The van der Waals surface area contributed by atoms with Gasteiger partial charge in [-0.2, -0.15) is 0 Å². The molecule has 3 N–H and O–H groups in total. The van der Waals surface area contributed by atoms with Crippen LogP contribution in [-0.2, 0) is 0 Å². The van der Waals surface area contributed by atoms with Crippen molar-refractivity contribution in [1.29, 1.82) is 0 Å². The second-order valence-electron chi connectivity index (χ2n) is 3.73. The Hall–Kier alpha value is -0.950. The van der Waals surface area contributed by atoms with Gasteiger partial charge in [-0.1, -0.05) is 35.0 Å². The third-order valence-corrected chi connectivity index (χ3v) is 3.95. The highest BCUT2D eigenvalue weighted by Crippen LogP contribution is 2.30. The highest BCUT2D eigenvalue weighted by molar-refractivity contribution is 7.99. The minimum atomic E-state index is 0.140. The number of hydrogen-bond acceptors (Lipinski definition) is 5. The summed E-state index contributed by atoms with van der Waals surface area (Å²) in [6, 6.07) is 5.10. The largest absolute Gasteiger partial charge is 0.396 e. The molecule has 5 nitrogen and oxygen atoms in total. The molecule has 1 heterocycles. The van der Waals surface area contributed by atoms with Gasteiger partial charge in [0.25, 0.3) is 0 Å². The minimum absolute atomic E-state index is 0.140. The molecule has 2 rings (SSSR count). The van der Waals surface area contributed by atoms with Gasteiger partial charge >= 0.3 is 0 Å². The molecule has 2 aromatic rings. The van der Waals surface area contributed by atoms with Crippen LogP contribution in [0.3, 0.4) is 0 Å². The summed E-state index contributed by atoms with van der Waals surface area (Å²) in [5, 5.41) is 18.4. The summed E-state index contributed by atoms with van der Waals surface area (Å²) >= 11 is 13.4. The smallest absolute Gasteiger partial charge is 0.210 e. The van der Waals surface area contributed by atoms with E-state index in [0.717, 1.165) is 5.75 Å². The zero-order chi connectivity index (χ0) is 13.8. The van der Waals surface area contributed by atoms with Gasteiger partial charge in [0.05, 0.1) is 5.02 Å². The molecule has 19 heavy (non-hydrogen) atoms. The fourth-order valence-corrected chi connectivity index (χ4v) is 2.73. The highest BCUT2D eigenvalue weighted by atomic mass is 35.5. The molecule has 1 aromatic carbocycles. The number of nitrogen functional groups attached to an aromatic ring is 1. The molecule has 8 heteroatoms. The first kappa shape index (κ1) is 14.5. The van der Waals surface area contributed by atoms with Gasteiger partial charge in [-0.15, -0.1) is 10.2 Å². The summed E-state index contributed by atoms with van der Waals surface area (Å²) < 4.78 is 1.39. The molecule has 1 aromatic heterocycles. The van der Waals surface area contributed by atoms with Gasteiger partial charge in [0.2, 0.25) is 5.16 Å². The molecule has 0 unspecified atom stereocenters. The minimum Gasteiger partial charge on any atom is -0.396 e. The van der Waals surface area contributed by atoms with Crippen LogP contribution < -0.4 is 5.84 Å². The van der Waals surface area contributed by atoms with Gasteiger partial charge in [0.15, 0.2) is 5.82 Å². The molecule has 0 spiro atoms. The van der Waals surface area contributed by atoms with Crippen LogP contribution in [0.4, 0.5) is 0 Å². The molecule has 0 aliphatic heterocycles. The summed E-state index contributed by atoms with van der Waals surface area (Å²) in [5.41, 5.74) is 0.676. The maximum atomic E-state index is 8.74. The van der Waals surface area contributed by atoms with Crippen LogP contribution in [0.25, 0.3) is 11.4 Å². The molecule has 0 aliphatic rings. The summed E-state index contributed by atoms with van der Waals surface area (Å²) in [4.78, 5) is 0. The van der Waals surface area contributed by atoms with Crippen LogP contribution in [0.2, 0.25) is 10.0 Å². The van der Waals surface area contributed by atoms with Crippen molar-refractivity contribution in [2.45, 2.75) is 11.6 Å². The molecular weight excluding hydrogens is 307 g/mol. The van der Waals surface area contributed by atoms with E-state index in [1.165, 1.54) is 16.4 Å². The normalized spacial score (nSPS) is 10.9. The number of aliphatic hydroxyl groups excluding tert-OH is 1. The number of hydrogen-bond donors (Lipinski definition) is 2. The Kier molecular flexibility index (Phi) is 4.93. The molecule has 0 bridgehead atoms. The first-order valence-corrected chi connectivity index (χ1v) is 7.27. The molecule has 0 radical (unpaired) electrons. The van der Waals surface area contributed by atoms with Crippen molar-refractivity contribution in [1.82, 2.24) is 14.9 Å². The third kappa shape index (κ3) is 3.33. The quantitative estimate of drug-likeness (QED) is 0.503. The van der Waals surface area contributed by atoms with Crippen molar-refractivity contribution < 1.29 is 5.11 Å². The lowest BCUT2D eigenvalue weighted by Gasteiger charge is -2.05. The molecule has 0 amide bonds. The monoisotopic (exact) mass is 318 g/mol. The Morgan fingerprint density at radius 1 is 1.32 bits per heavy atom. The first-order chi connectivity index (χ1) is 9.13. The summed E-state index contributed by atoms with van der Waals surface area (Å²) in [6.07, 6.45) is 0.675. The highest BCUT2D eigenvalue weighted by Gasteiger charge is 2.14. The van der Waals surface area contributed by atoms with Crippen molar-refractivity contribution in [3.05, 3.63) is 28.2 Å². The Morgan fingerprint density at radius 2 is 2.11 bits per heavy atom. The van der Waals surface area contributed by atoms with Crippen LogP contribution in [0.5, 0.6) is 0 Å². The van der Waals surface area contributed by atoms with Crippen molar-refractivity contribution >= 4 is 35.0 Å². The molecule has 0 atom stereocenters. The van der Waals surface area contributed by atoms with E-state index >= 15 is 0 Å². The van der Waals surface area contributed by atoms with Crippen molar-refractivity contribution in [3.63, 3.8) is 0 Å². The van der Waals surface area contributed by atoms with Crippen LogP contribution in [0.15, 0.2) is 23.4 Å². The van der Waals surface area contributed by atoms with Crippen molar-refractivity contribution in [3.8, 4) is 11.4 Å². The number of rotatable bonds is 5. The molecule has 0 saturated heterocycles. The predicted molar refractivity (Wildman–Crippen MR) is 78.1 cm³/mol. The summed E-state index contributed by atoms with van der Waals surface area (Å²) in [7, 11) is 0. The lowest BCUT2D eigenvalue weighted by Crippen LogP contribution is -2.11. The van der Waals surface area contributed by atoms with Gasteiger partial charge in [0, 0.05) is 22.9 Å². The van der Waals surface area contributed by atoms with Crippen LogP contribution in [0.1, 0.15) is 6.42 Å². The van der Waals surface area contributed by atoms with E-state index < -0.39 is 0 Å². The third-order valence-electron chi connectivity index (χ3n) is 2.37. The Labute approximate surface area is 124 Å². The van der Waals surface area contributed by atoms with Crippen LogP contribution >= 0.6 is 35.0 Å². The fraction of sp³-hybridized carbons (Fsp3) is 0.273. The summed E-state index contributed by atoms with van der Waals surface area (Å²) in [6.45, 7) is 0.140. The van der Waals surface area contributed by atoms with Crippen molar-refractivity contribution in [2.75, 3.05) is 18.2 Å². The Balaban J connectivity index is 2.26.